The van der Waals surface area contributed by atoms with E-state index < -0.39 is 10.0 Å². The van der Waals surface area contributed by atoms with E-state index in [1.807, 2.05) is 0 Å². The van der Waals surface area contributed by atoms with Crippen LogP contribution in [0.4, 0.5) is 0 Å². The molecular formula is C15H23NO3S. The molecule has 112 valence electrons. The standard InChI is InChI=1S/C15H23NO3S/c1-15(2)9-5-7-13(10-15)16-20(18,19)14-8-4-3-6-12(14)11-17/h3-4,6,8,13,16-17H,5,7,9-11H2,1-2H3. The van der Waals surface area contributed by atoms with Crippen molar-refractivity contribution in [1.82, 2.24) is 4.72 Å². The minimum absolute atomic E-state index is 0.0181. The van der Waals surface area contributed by atoms with Crippen molar-refractivity contribution in [3.8, 4) is 0 Å². The van der Waals surface area contributed by atoms with Crippen LogP contribution in [-0.2, 0) is 16.6 Å². The molecule has 0 aromatic heterocycles. The predicted molar refractivity (Wildman–Crippen MR) is 78.7 cm³/mol. The van der Waals surface area contributed by atoms with Crippen LogP contribution in [0.2, 0.25) is 0 Å². The Bertz CT molecular complexity index is 566. The van der Waals surface area contributed by atoms with Crippen molar-refractivity contribution in [3.63, 3.8) is 0 Å². The zero-order valence-corrected chi connectivity index (χ0v) is 12.9. The molecule has 2 rings (SSSR count). The van der Waals surface area contributed by atoms with Gasteiger partial charge in [-0.25, -0.2) is 13.1 Å². The van der Waals surface area contributed by atoms with Gasteiger partial charge in [0.1, 0.15) is 0 Å². The van der Waals surface area contributed by atoms with E-state index in [0.717, 1.165) is 25.7 Å². The fraction of sp³-hybridized carbons (Fsp3) is 0.600. The van der Waals surface area contributed by atoms with Gasteiger partial charge in [-0.2, -0.15) is 0 Å². The summed E-state index contributed by atoms with van der Waals surface area (Å²) in [6.07, 6.45) is 3.91. The molecule has 20 heavy (non-hydrogen) atoms. The van der Waals surface area contributed by atoms with Gasteiger partial charge in [0.15, 0.2) is 0 Å². The zero-order chi connectivity index (χ0) is 14.8. The number of aliphatic hydroxyl groups excluding tert-OH is 1. The summed E-state index contributed by atoms with van der Waals surface area (Å²) in [6.45, 7) is 4.08. The summed E-state index contributed by atoms with van der Waals surface area (Å²) in [6, 6.07) is 6.57. The van der Waals surface area contributed by atoms with Crippen molar-refractivity contribution in [2.45, 2.75) is 57.1 Å². The summed E-state index contributed by atoms with van der Waals surface area (Å²) in [5.74, 6) is 0. The molecule has 0 aliphatic heterocycles. The van der Waals surface area contributed by atoms with Gasteiger partial charge in [-0.15, -0.1) is 0 Å². The Balaban J connectivity index is 2.19. The minimum atomic E-state index is -3.56. The summed E-state index contributed by atoms with van der Waals surface area (Å²) < 4.78 is 27.7. The van der Waals surface area contributed by atoms with E-state index in [4.69, 9.17) is 0 Å². The van der Waals surface area contributed by atoms with Gasteiger partial charge in [0, 0.05) is 6.04 Å². The largest absolute Gasteiger partial charge is 0.392 e. The van der Waals surface area contributed by atoms with Gasteiger partial charge in [-0.3, -0.25) is 0 Å². The van der Waals surface area contributed by atoms with Crippen LogP contribution in [0.3, 0.4) is 0 Å². The van der Waals surface area contributed by atoms with Crippen LogP contribution in [0, 0.1) is 5.41 Å². The van der Waals surface area contributed by atoms with Crippen molar-refractivity contribution in [2.75, 3.05) is 0 Å². The first-order valence-corrected chi connectivity index (χ1v) is 8.53. The van der Waals surface area contributed by atoms with Crippen molar-refractivity contribution >= 4 is 10.0 Å². The third-order valence-electron chi connectivity index (χ3n) is 3.96. The van der Waals surface area contributed by atoms with Gasteiger partial charge in [-0.05, 0) is 36.3 Å². The van der Waals surface area contributed by atoms with Crippen molar-refractivity contribution in [3.05, 3.63) is 29.8 Å². The van der Waals surface area contributed by atoms with Crippen LogP contribution in [0.5, 0.6) is 0 Å². The number of aliphatic hydroxyl groups is 1. The van der Waals surface area contributed by atoms with Crippen LogP contribution in [0.15, 0.2) is 29.2 Å². The average Bonchev–Trinajstić information content (AvgIpc) is 2.37. The van der Waals surface area contributed by atoms with E-state index in [9.17, 15) is 13.5 Å². The van der Waals surface area contributed by atoms with E-state index in [0.29, 0.717) is 5.56 Å². The summed E-state index contributed by atoms with van der Waals surface area (Å²) in [5.41, 5.74) is 0.622. The maximum atomic E-state index is 12.5. The second-order valence-corrected chi connectivity index (χ2v) is 8.03. The summed E-state index contributed by atoms with van der Waals surface area (Å²) in [7, 11) is -3.56. The number of nitrogens with one attached hydrogen (secondary N) is 1. The lowest BCUT2D eigenvalue weighted by Crippen LogP contribution is -2.40. The topological polar surface area (TPSA) is 66.4 Å². The second-order valence-electron chi connectivity index (χ2n) is 6.34. The van der Waals surface area contributed by atoms with Gasteiger partial charge in [0.25, 0.3) is 0 Å². The number of hydrogen-bond acceptors (Lipinski definition) is 3. The maximum Gasteiger partial charge on any atom is 0.241 e. The monoisotopic (exact) mass is 297 g/mol. The fourth-order valence-corrected chi connectivity index (χ4v) is 4.48. The molecular weight excluding hydrogens is 274 g/mol. The molecule has 5 heteroatoms. The highest BCUT2D eigenvalue weighted by molar-refractivity contribution is 7.89. The zero-order valence-electron chi connectivity index (χ0n) is 12.1. The second kappa shape index (κ2) is 5.84. The molecule has 1 aromatic carbocycles. The van der Waals surface area contributed by atoms with Gasteiger partial charge in [0.2, 0.25) is 10.0 Å². The molecule has 1 aliphatic rings. The van der Waals surface area contributed by atoms with Crippen molar-refractivity contribution < 1.29 is 13.5 Å². The Morgan fingerprint density at radius 3 is 2.70 bits per heavy atom. The molecule has 2 N–H and O–H groups in total. The predicted octanol–water partition coefficient (Wildman–Crippen LogP) is 2.43. The highest BCUT2D eigenvalue weighted by Crippen LogP contribution is 2.35. The first kappa shape index (κ1) is 15.5. The minimum Gasteiger partial charge on any atom is -0.392 e. The highest BCUT2D eigenvalue weighted by Gasteiger charge is 2.31. The summed E-state index contributed by atoms with van der Waals surface area (Å²) in [4.78, 5) is 0.186. The molecule has 0 radical (unpaired) electrons. The van der Waals surface area contributed by atoms with Gasteiger partial charge < -0.3 is 5.11 Å². The Morgan fingerprint density at radius 1 is 1.35 bits per heavy atom. The van der Waals surface area contributed by atoms with Crippen LogP contribution in [0.1, 0.15) is 45.1 Å². The number of benzene rings is 1. The average molecular weight is 297 g/mol. The number of rotatable bonds is 4. The molecule has 1 saturated carbocycles. The normalized spacial score (nSPS) is 22.6. The molecule has 0 amide bonds. The van der Waals surface area contributed by atoms with Crippen LogP contribution in [-0.4, -0.2) is 19.6 Å². The molecule has 0 bridgehead atoms. The SMILES string of the molecule is CC1(C)CCCC(NS(=O)(=O)c2ccccc2CO)C1. The molecule has 0 saturated heterocycles. The van der Waals surface area contributed by atoms with Gasteiger partial charge >= 0.3 is 0 Å². The van der Waals surface area contributed by atoms with Crippen LogP contribution in [0.25, 0.3) is 0 Å². The first-order valence-electron chi connectivity index (χ1n) is 7.05. The maximum absolute atomic E-state index is 12.5. The van der Waals surface area contributed by atoms with Crippen LogP contribution >= 0.6 is 0 Å². The van der Waals surface area contributed by atoms with E-state index >= 15 is 0 Å². The van der Waals surface area contributed by atoms with E-state index in [1.54, 1.807) is 24.3 Å². The van der Waals surface area contributed by atoms with Gasteiger partial charge in [0.05, 0.1) is 11.5 Å². The lowest BCUT2D eigenvalue weighted by atomic mass is 9.75. The molecule has 1 aliphatic carbocycles. The molecule has 1 atom stereocenters. The number of hydrogen-bond donors (Lipinski definition) is 2. The lowest BCUT2D eigenvalue weighted by Gasteiger charge is -2.35. The summed E-state index contributed by atoms with van der Waals surface area (Å²) >= 11 is 0. The summed E-state index contributed by atoms with van der Waals surface area (Å²) in [5, 5.41) is 9.28. The Morgan fingerprint density at radius 2 is 2.05 bits per heavy atom. The van der Waals surface area contributed by atoms with Gasteiger partial charge in [-0.1, -0.05) is 38.5 Å². The molecule has 1 unspecified atom stereocenters. The molecule has 0 heterocycles. The highest BCUT2D eigenvalue weighted by atomic mass is 32.2. The van der Waals surface area contributed by atoms with Crippen molar-refractivity contribution in [1.29, 1.82) is 0 Å². The Hall–Kier alpha value is -0.910. The quantitative estimate of drug-likeness (QED) is 0.897. The van der Waals surface area contributed by atoms with E-state index in [2.05, 4.69) is 18.6 Å². The third-order valence-corrected chi connectivity index (χ3v) is 5.58. The molecule has 1 aromatic rings. The van der Waals surface area contributed by atoms with E-state index in [-0.39, 0.29) is 23.0 Å². The smallest absolute Gasteiger partial charge is 0.241 e. The number of sulfonamides is 1. The molecule has 0 spiro atoms. The Labute approximate surface area is 121 Å². The van der Waals surface area contributed by atoms with Crippen molar-refractivity contribution in [2.24, 2.45) is 5.41 Å². The first-order chi connectivity index (χ1) is 9.34. The Kier molecular flexibility index (Phi) is 4.52. The lowest BCUT2D eigenvalue weighted by molar-refractivity contribution is 0.212. The molecule has 4 nitrogen and oxygen atoms in total. The fourth-order valence-electron chi connectivity index (χ4n) is 2.98. The third kappa shape index (κ3) is 3.59. The van der Waals surface area contributed by atoms with Crippen LogP contribution < -0.4 is 4.72 Å². The van der Waals surface area contributed by atoms with E-state index in [1.165, 1.54) is 0 Å². The molecule has 1 fully saturated rings.